The van der Waals surface area contributed by atoms with Crippen LogP contribution in [0.5, 0.6) is 5.75 Å². The summed E-state index contributed by atoms with van der Waals surface area (Å²) in [4.78, 5) is 2.21. The molecule has 21 heavy (non-hydrogen) atoms. The highest BCUT2D eigenvalue weighted by Crippen LogP contribution is 2.13. The Morgan fingerprint density at radius 1 is 1.24 bits per heavy atom. The Balaban J connectivity index is 0.00000220. The second-order valence-electron chi connectivity index (χ2n) is 5.27. The van der Waals surface area contributed by atoms with E-state index in [1.165, 1.54) is 5.56 Å². The Kier molecular flexibility index (Phi) is 8.69. The first kappa shape index (κ1) is 18.2. The van der Waals surface area contributed by atoms with Gasteiger partial charge >= 0.3 is 0 Å². The number of ether oxygens (including phenoxy) is 2. The number of β-amino-alcohol motifs (C(OH)–C–C–N with tert-alkyl or cyclic N) is 1. The van der Waals surface area contributed by atoms with E-state index < -0.39 is 6.10 Å². The van der Waals surface area contributed by atoms with E-state index in [1.54, 1.807) is 0 Å². The maximum absolute atomic E-state index is 9.99. The molecule has 0 aliphatic carbocycles. The first-order valence-corrected chi connectivity index (χ1v) is 7.48. The van der Waals surface area contributed by atoms with Crippen molar-refractivity contribution < 1.29 is 27.0 Å². The highest BCUT2D eigenvalue weighted by Gasteiger charge is 2.15. The zero-order valence-electron chi connectivity index (χ0n) is 12.6. The van der Waals surface area contributed by atoms with Crippen molar-refractivity contribution in [2.75, 3.05) is 39.5 Å². The first-order valence-electron chi connectivity index (χ1n) is 7.48. The van der Waals surface area contributed by atoms with Crippen molar-refractivity contribution in [3.8, 4) is 5.75 Å². The maximum Gasteiger partial charge on any atom is 0.119 e. The normalized spacial score (nSPS) is 17.0. The van der Waals surface area contributed by atoms with Crippen LogP contribution in [0.25, 0.3) is 0 Å². The van der Waals surface area contributed by atoms with E-state index in [4.69, 9.17) is 9.47 Å². The Labute approximate surface area is 133 Å². The molecule has 1 atom stereocenters. The number of hydrogen-bond acceptors (Lipinski definition) is 4. The van der Waals surface area contributed by atoms with Crippen LogP contribution in [0.1, 0.15) is 18.9 Å². The van der Waals surface area contributed by atoms with Crippen LogP contribution in [0.4, 0.5) is 0 Å². The molecule has 0 aromatic heterocycles. The lowest BCUT2D eigenvalue weighted by molar-refractivity contribution is -0.0000337. The van der Waals surface area contributed by atoms with Crippen molar-refractivity contribution in [1.82, 2.24) is 4.90 Å². The molecule has 5 heteroatoms. The van der Waals surface area contributed by atoms with E-state index in [9.17, 15) is 5.11 Å². The van der Waals surface area contributed by atoms with Crippen LogP contribution in [0.3, 0.4) is 0 Å². The fourth-order valence-corrected chi connectivity index (χ4v) is 2.37. The second-order valence-corrected chi connectivity index (χ2v) is 5.27. The Morgan fingerprint density at radius 3 is 2.52 bits per heavy atom. The smallest absolute Gasteiger partial charge is 0.119 e. The molecule has 0 saturated carbocycles. The molecule has 0 radical (unpaired) electrons. The van der Waals surface area contributed by atoms with Crippen LogP contribution in [0.2, 0.25) is 0 Å². The van der Waals surface area contributed by atoms with E-state index >= 15 is 0 Å². The molecule has 0 spiro atoms. The summed E-state index contributed by atoms with van der Waals surface area (Å²) in [6, 6.07) is 8.14. The summed E-state index contributed by atoms with van der Waals surface area (Å²) >= 11 is 0. The number of morpholine rings is 1. The second kappa shape index (κ2) is 10.0. The lowest BCUT2D eigenvalue weighted by atomic mass is 10.1. The van der Waals surface area contributed by atoms with Crippen molar-refractivity contribution in [3.05, 3.63) is 29.8 Å². The van der Waals surface area contributed by atoms with Gasteiger partial charge in [0.2, 0.25) is 0 Å². The van der Waals surface area contributed by atoms with Crippen LogP contribution in [0, 0.1) is 0 Å². The molecule has 1 aromatic rings. The van der Waals surface area contributed by atoms with Gasteiger partial charge < -0.3 is 27.0 Å². The van der Waals surface area contributed by atoms with Gasteiger partial charge in [0, 0.05) is 19.6 Å². The molecule has 0 bridgehead atoms. The van der Waals surface area contributed by atoms with E-state index in [-0.39, 0.29) is 12.4 Å². The monoisotopic (exact) mass is 314 g/mol. The molecule has 0 amide bonds. The summed E-state index contributed by atoms with van der Waals surface area (Å²) in [6.45, 7) is 6.46. The van der Waals surface area contributed by atoms with Gasteiger partial charge in [-0.15, -0.1) is 0 Å². The summed E-state index contributed by atoms with van der Waals surface area (Å²) in [5, 5.41) is 9.99. The van der Waals surface area contributed by atoms with Crippen LogP contribution in [-0.2, 0) is 11.2 Å². The van der Waals surface area contributed by atoms with Gasteiger partial charge in [0.1, 0.15) is 18.5 Å². The minimum Gasteiger partial charge on any atom is -1.00 e. The van der Waals surface area contributed by atoms with Gasteiger partial charge in [0.25, 0.3) is 0 Å². The highest BCUT2D eigenvalue weighted by atomic mass is 35.5. The van der Waals surface area contributed by atoms with Crippen molar-refractivity contribution >= 4 is 0 Å². The zero-order valence-corrected chi connectivity index (χ0v) is 13.4. The third-order valence-corrected chi connectivity index (χ3v) is 3.48. The fraction of sp³-hybridized carbons (Fsp3) is 0.625. The van der Waals surface area contributed by atoms with Crippen molar-refractivity contribution in [3.63, 3.8) is 0 Å². The van der Waals surface area contributed by atoms with E-state index in [0.717, 1.165) is 44.9 Å². The number of benzene rings is 1. The van der Waals surface area contributed by atoms with E-state index in [0.29, 0.717) is 13.2 Å². The SMILES string of the molecule is CCCc1ccc(OCC(O)CN2CCOCC2)cc1.[Cl-]. The Morgan fingerprint density at radius 2 is 1.90 bits per heavy atom. The summed E-state index contributed by atoms with van der Waals surface area (Å²) in [5.41, 5.74) is 1.33. The summed E-state index contributed by atoms with van der Waals surface area (Å²) in [5.74, 6) is 0.825. The molecule has 120 valence electrons. The first-order chi connectivity index (χ1) is 9.78. The zero-order chi connectivity index (χ0) is 14.2. The average Bonchev–Trinajstić information content (AvgIpc) is 2.48. The Hall–Kier alpha value is -0.810. The minimum atomic E-state index is -0.455. The van der Waals surface area contributed by atoms with E-state index in [1.807, 2.05) is 12.1 Å². The van der Waals surface area contributed by atoms with Gasteiger partial charge in [0.15, 0.2) is 0 Å². The lowest BCUT2D eigenvalue weighted by Crippen LogP contribution is -3.00. The van der Waals surface area contributed by atoms with Gasteiger partial charge in [-0.3, -0.25) is 4.90 Å². The predicted octanol–water partition coefficient (Wildman–Crippen LogP) is -1.28. The molecule has 2 rings (SSSR count). The number of aryl methyl sites for hydroxylation is 1. The van der Waals surface area contributed by atoms with Crippen LogP contribution < -0.4 is 17.1 Å². The fourth-order valence-electron chi connectivity index (χ4n) is 2.37. The molecule has 1 fully saturated rings. The molecular formula is C16H25ClNO3-. The van der Waals surface area contributed by atoms with Gasteiger partial charge in [-0.05, 0) is 24.1 Å². The number of hydrogen-bond donors (Lipinski definition) is 1. The molecule has 1 aromatic carbocycles. The molecule has 1 unspecified atom stereocenters. The third-order valence-electron chi connectivity index (χ3n) is 3.48. The summed E-state index contributed by atoms with van der Waals surface area (Å²) in [7, 11) is 0. The maximum atomic E-state index is 9.99. The summed E-state index contributed by atoms with van der Waals surface area (Å²) in [6.07, 6.45) is 1.79. The topological polar surface area (TPSA) is 41.9 Å². The highest BCUT2D eigenvalue weighted by molar-refractivity contribution is 5.27. The number of aliphatic hydroxyl groups excluding tert-OH is 1. The van der Waals surface area contributed by atoms with Crippen LogP contribution in [0.15, 0.2) is 24.3 Å². The molecule has 1 N–H and O–H groups in total. The molecule has 1 saturated heterocycles. The van der Waals surface area contributed by atoms with Gasteiger partial charge in [0.05, 0.1) is 13.2 Å². The molecule has 4 nitrogen and oxygen atoms in total. The van der Waals surface area contributed by atoms with E-state index in [2.05, 4.69) is 24.0 Å². The number of nitrogens with zero attached hydrogens (tertiary/aromatic N) is 1. The standard InChI is InChI=1S/C16H25NO3.ClH/c1-2-3-14-4-6-16(7-5-14)20-13-15(18)12-17-8-10-19-11-9-17;/h4-7,15,18H,2-3,8-13H2,1H3;1H/p-1. The average molecular weight is 315 g/mol. The number of rotatable bonds is 7. The van der Waals surface area contributed by atoms with Crippen molar-refractivity contribution in [1.29, 1.82) is 0 Å². The van der Waals surface area contributed by atoms with Gasteiger partial charge in [-0.2, -0.15) is 0 Å². The van der Waals surface area contributed by atoms with Gasteiger partial charge in [-0.25, -0.2) is 0 Å². The molecular weight excluding hydrogens is 290 g/mol. The number of halogens is 1. The quantitative estimate of drug-likeness (QED) is 0.680. The third kappa shape index (κ3) is 6.66. The predicted molar refractivity (Wildman–Crippen MR) is 79.2 cm³/mol. The lowest BCUT2D eigenvalue weighted by Gasteiger charge is -2.28. The largest absolute Gasteiger partial charge is 1.00 e. The summed E-state index contributed by atoms with van der Waals surface area (Å²) < 4.78 is 10.9. The minimum absolute atomic E-state index is 0. The Bertz CT molecular complexity index is 380. The van der Waals surface area contributed by atoms with Crippen molar-refractivity contribution in [2.24, 2.45) is 0 Å². The molecule has 1 aliphatic rings. The van der Waals surface area contributed by atoms with Crippen LogP contribution in [-0.4, -0.2) is 55.6 Å². The molecule has 1 aliphatic heterocycles. The van der Waals surface area contributed by atoms with Crippen molar-refractivity contribution in [2.45, 2.75) is 25.9 Å². The molecule has 1 heterocycles. The van der Waals surface area contributed by atoms with Crippen LogP contribution >= 0.6 is 0 Å². The van der Waals surface area contributed by atoms with Gasteiger partial charge in [-0.1, -0.05) is 25.5 Å². The number of aliphatic hydroxyl groups is 1.